The monoisotopic (exact) mass is 273 g/mol. The van der Waals surface area contributed by atoms with Crippen LogP contribution in [0.1, 0.15) is 54.3 Å². The molecule has 5 heteroatoms. The molecule has 1 aliphatic carbocycles. The Morgan fingerprint density at radius 2 is 2.15 bits per heavy atom. The van der Waals surface area contributed by atoms with Gasteiger partial charge in [0.25, 0.3) is 0 Å². The van der Waals surface area contributed by atoms with Crippen LogP contribution in [0.25, 0.3) is 0 Å². The molecule has 2 atom stereocenters. The molecule has 3 N–H and O–H groups in total. The van der Waals surface area contributed by atoms with Crippen LogP contribution in [0.3, 0.4) is 0 Å². The average molecular weight is 273 g/mol. The fourth-order valence-electron chi connectivity index (χ4n) is 3.03. The summed E-state index contributed by atoms with van der Waals surface area (Å²) in [5.41, 5.74) is 10.3. The van der Waals surface area contributed by atoms with Gasteiger partial charge in [0.1, 0.15) is 0 Å². The average Bonchev–Trinajstić information content (AvgIpc) is 2.91. The van der Waals surface area contributed by atoms with Gasteiger partial charge in [-0.15, -0.1) is 5.10 Å². The summed E-state index contributed by atoms with van der Waals surface area (Å²) in [4.78, 5) is 11.0. The lowest BCUT2D eigenvalue weighted by Gasteiger charge is -2.25. The van der Waals surface area contributed by atoms with Crippen LogP contribution in [-0.2, 0) is 12.8 Å². The van der Waals surface area contributed by atoms with Crippen LogP contribution in [0.5, 0.6) is 0 Å². The third-order valence-electron chi connectivity index (χ3n) is 4.20. The molecular formula is C15H19N3O2. The molecule has 0 saturated carbocycles. The van der Waals surface area contributed by atoms with Gasteiger partial charge in [-0.2, -0.15) is 0 Å². The van der Waals surface area contributed by atoms with E-state index in [0.29, 0.717) is 0 Å². The first kappa shape index (κ1) is 13.1. The van der Waals surface area contributed by atoms with Gasteiger partial charge < -0.3 is 10.2 Å². The molecule has 106 valence electrons. The predicted molar refractivity (Wildman–Crippen MR) is 75.6 cm³/mol. The molecule has 0 bridgehead atoms. The van der Waals surface area contributed by atoms with Crippen LogP contribution in [0, 0.1) is 0 Å². The first-order valence-corrected chi connectivity index (χ1v) is 7.08. The van der Waals surface area contributed by atoms with E-state index < -0.39 is 11.8 Å². The van der Waals surface area contributed by atoms with Gasteiger partial charge in [0, 0.05) is 5.92 Å². The molecule has 1 aromatic heterocycles. The molecule has 5 nitrogen and oxygen atoms in total. The molecule has 3 rings (SSSR count). The van der Waals surface area contributed by atoms with Crippen molar-refractivity contribution >= 4 is 0 Å². The Morgan fingerprint density at radius 3 is 2.90 bits per heavy atom. The molecule has 0 fully saturated rings. The fraction of sp³-hybridized carbons (Fsp3) is 0.467. The van der Waals surface area contributed by atoms with Crippen molar-refractivity contribution in [3.8, 4) is 0 Å². The highest BCUT2D eigenvalue weighted by Crippen LogP contribution is 2.34. The number of benzene rings is 1. The summed E-state index contributed by atoms with van der Waals surface area (Å²) in [6.45, 7) is 2.06. The molecule has 1 unspecified atom stereocenters. The first-order chi connectivity index (χ1) is 9.66. The van der Waals surface area contributed by atoms with Gasteiger partial charge in [-0.05, 0) is 42.4 Å². The van der Waals surface area contributed by atoms with Crippen molar-refractivity contribution in [2.24, 2.45) is 5.73 Å². The number of hydrogen-bond donors (Lipinski definition) is 2. The van der Waals surface area contributed by atoms with Crippen molar-refractivity contribution in [1.29, 1.82) is 0 Å². The maximum atomic E-state index is 11.0. The highest BCUT2D eigenvalue weighted by Gasteiger charge is 2.25. The van der Waals surface area contributed by atoms with Gasteiger partial charge in [0.05, 0.1) is 6.04 Å². The van der Waals surface area contributed by atoms with Crippen molar-refractivity contribution in [2.75, 3.05) is 0 Å². The summed E-state index contributed by atoms with van der Waals surface area (Å²) in [7, 11) is 0. The van der Waals surface area contributed by atoms with Gasteiger partial charge in [-0.1, -0.05) is 25.1 Å². The van der Waals surface area contributed by atoms with Gasteiger partial charge in [0.15, 0.2) is 0 Å². The molecule has 0 radical (unpaired) electrons. The van der Waals surface area contributed by atoms with Crippen molar-refractivity contribution in [3.63, 3.8) is 0 Å². The van der Waals surface area contributed by atoms with Crippen molar-refractivity contribution < 1.29 is 4.42 Å². The van der Waals surface area contributed by atoms with Gasteiger partial charge in [0.2, 0.25) is 5.89 Å². The summed E-state index contributed by atoms with van der Waals surface area (Å²) in [6, 6.07) is 6.00. The van der Waals surface area contributed by atoms with Crippen LogP contribution in [0.15, 0.2) is 27.4 Å². The van der Waals surface area contributed by atoms with Crippen molar-refractivity contribution in [1.82, 2.24) is 10.2 Å². The third-order valence-corrected chi connectivity index (χ3v) is 4.20. The molecule has 0 saturated heterocycles. The first-order valence-electron chi connectivity index (χ1n) is 7.08. The summed E-state index contributed by atoms with van der Waals surface area (Å²) in [5.74, 6) is -0.219. The Hall–Kier alpha value is -1.88. The zero-order chi connectivity index (χ0) is 14.1. The number of rotatable bonds is 3. The molecular weight excluding hydrogens is 254 g/mol. The Kier molecular flexibility index (Phi) is 3.44. The highest BCUT2D eigenvalue weighted by atomic mass is 16.4. The van der Waals surface area contributed by atoms with Crippen LogP contribution in [0.4, 0.5) is 0 Å². The molecule has 0 spiro atoms. The van der Waals surface area contributed by atoms with Crippen LogP contribution >= 0.6 is 0 Å². The van der Waals surface area contributed by atoms with E-state index in [-0.39, 0.29) is 11.8 Å². The molecule has 1 heterocycles. The van der Waals surface area contributed by atoms with Crippen LogP contribution in [-0.4, -0.2) is 10.2 Å². The zero-order valence-corrected chi connectivity index (χ0v) is 11.6. The molecule has 20 heavy (non-hydrogen) atoms. The van der Waals surface area contributed by atoms with E-state index in [1.807, 2.05) is 0 Å². The number of aromatic amines is 1. The second-order valence-corrected chi connectivity index (χ2v) is 5.46. The summed E-state index contributed by atoms with van der Waals surface area (Å²) in [6.07, 6.45) is 4.73. The van der Waals surface area contributed by atoms with E-state index in [1.54, 1.807) is 0 Å². The largest absolute Gasteiger partial charge is 0.434 e. The van der Waals surface area contributed by atoms with E-state index in [0.717, 1.165) is 12.8 Å². The second-order valence-electron chi connectivity index (χ2n) is 5.46. The molecule has 0 aliphatic heterocycles. The number of aromatic nitrogens is 2. The second kappa shape index (κ2) is 5.25. The number of fused-ring (bicyclic) bond motifs is 1. The molecule has 1 aliphatic rings. The minimum absolute atomic E-state index is 0.0644. The summed E-state index contributed by atoms with van der Waals surface area (Å²) in [5, 5.41) is 6.11. The topological polar surface area (TPSA) is 84.9 Å². The van der Waals surface area contributed by atoms with E-state index in [4.69, 9.17) is 10.2 Å². The minimum atomic E-state index is -0.558. The number of nitrogens with two attached hydrogens (primary N) is 1. The van der Waals surface area contributed by atoms with E-state index >= 15 is 0 Å². The SMILES string of the molecule is C[C@H](c1cccc2c1CCCC2)C(N)c1n[nH]c(=O)o1. The molecule has 0 amide bonds. The Morgan fingerprint density at radius 1 is 1.35 bits per heavy atom. The Bertz CT molecular complexity index is 659. The standard InChI is InChI=1S/C15H19N3O2/c1-9(13(16)14-17-18-15(19)20-14)11-8-4-6-10-5-2-3-7-12(10)11/h4,6,8-9,13H,2-3,5,7,16H2,1H3,(H,18,19)/t9-,13?/m1/s1. The smallest absolute Gasteiger partial charge is 0.391 e. The van der Waals surface area contributed by atoms with Gasteiger partial charge in [-0.25, -0.2) is 9.89 Å². The molecule has 1 aromatic carbocycles. The third kappa shape index (κ3) is 2.29. The number of nitrogens with zero attached hydrogens (tertiary/aromatic N) is 1. The Balaban J connectivity index is 1.94. The number of H-pyrrole nitrogens is 1. The lowest BCUT2D eigenvalue weighted by molar-refractivity contribution is 0.400. The normalized spacial score (nSPS) is 17.5. The lowest BCUT2D eigenvalue weighted by Crippen LogP contribution is -2.20. The maximum Gasteiger partial charge on any atom is 0.434 e. The van der Waals surface area contributed by atoms with Crippen LogP contribution in [0.2, 0.25) is 0 Å². The number of nitrogens with one attached hydrogen (secondary N) is 1. The van der Waals surface area contributed by atoms with E-state index in [2.05, 4.69) is 35.3 Å². The summed E-state index contributed by atoms with van der Waals surface area (Å²) >= 11 is 0. The minimum Gasteiger partial charge on any atom is -0.391 e. The number of hydrogen-bond acceptors (Lipinski definition) is 4. The molecule has 2 aromatic rings. The van der Waals surface area contributed by atoms with Crippen molar-refractivity contribution in [2.45, 2.75) is 44.6 Å². The fourth-order valence-corrected chi connectivity index (χ4v) is 3.03. The van der Waals surface area contributed by atoms with Gasteiger partial charge >= 0.3 is 5.76 Å². The lowest BCUT2D eigenvalue weighted by atomic mass is 9.82. The van der Waals surface area contributed by atoms with Crippen molar-refractivity contribution in [3.05, 3.63) is 51.3 Å². The maximum absolute atomic E-state index is 11.0. The van der Waals surface area contributed by atoms with Gasteiger partial charge in [-0.3, -0.25) is 0 Å². The number of aryl methyl sites for hydroxylation is 1. The zero-order valence-electron chi connectivity index (χ0n) is 11.6. The predicted octanol–water partition coefficient (Wildman–Crippen LogP) is 2.05. The van der Waals surface area contributed by atoms with E-state index in [1.165, 1.54) is 29.5 Å². The highest BCUT2D eigenvalue weighted by molar-refractivity contribution is 5.39. The Labute approximate surface area is 117 Å². The van der Waals surface area contributed by atoms with Crippen LogP contribution < -0.4 is 11.5 Å². The summed E-state index contributed by atoms with van der Waals surface area (Å²) < 4.78 is 4.98. The quantitative estimate of drug-likeness (QED) is 0.896. The van der Waals surface area contributed by atoms with E-state index in [9.17, 15) is 4.79 Å².